The SMILES string of the molecule is O=C(C1CCCCN1Cc1ccc(F)cc1)N1CCS(=O)CC1. The lowest BCUT2D eigenvalue weighted by atomic mass is 9.99. The quantitative estimate of drug-likeness (QED) is 0.843. The van der Waals surface area contributed by atoms with Crippen molar-refractivity contribution in [3.05, 3.63) is 35.6 Å². The van der Waals surface area contributed by atoms with Crippen molar-refractivity contribution < 1.29 is 13.4 Å². The van der Waals surface area contributed by atoms with E-state index in [1.807, 2.05) is 4.90 Å². The standard InChI is InChI=1S/C17H23FN2O2S/c18-15-6-4-14(5-7-15)13-20-8-2-1-3-16(20)17(21)19-9-11-23(22)12-10-19/h4-7,16H,1-3,8-13H2. The van der Waals surface area contributed by atoms with E-state index >= 15 is 0 Å². The maximum Gasteiger partial charge on any atom is 0.239 e. The Kier molecular flexibility index (Phi) is 5.43. The van der Waals surface area contributed by atoms with Gasteiger partial charge in [-0.05, 0) is 37.1 Å². The molecule has 126 valence electrons. The van der Waals surface area contributed by atoms with E-state index in [0.717, 1.165) is 31.4 Å². The Morgan fingerprint density at radius 1 is 1.13 bits per heavy atom. The average molecular weight is 338 g/mol. The molecule has 0 aromatic heterocycles. The zero-order valence-electron chi connectivity index (χ0n) is 13.2. The van der Waals surface area contributed by atoms with Gasteiger partial charge >= 0.3 is 0 Å². The third-order valence-electron chi connectivity index (χ3n) is 4.69. The van der Waals surface area contributed by atoms with Crippen molar-refractivity contribution in [2.45, 2.75) is 31.8 Å². The fraction of sp³-hybridized carbons (Fsp3) is 0.588. The molecule has 1 aromatic rings. The van der Waals surface area contributed by atoms with Gasteiger partial charge in [0.25, 0.3) is 0 Å². The number of rotatable bonds is 3. The second-order valence-electron chi connectivity index (χ2n) is 6.28. The summed E-state index contributed by atoms with van der Waals surface area (Å²) in [5.74, 6) is 1.12. The van der Waals surface area contributed by atoms with E-state index in [1.165, 1.54) is 12.1 Å². The first-order chi connectivity index (χ1) is 11.1. The molecule has 2 aliphatic heterocycles. The molecule has 0 radical (unpaired) electrons. The van der Waals surface area contributed by atoms with Crippen LogP contribution in [0, 0.1) is 5.82 Å². The van der Waals surface area contributed by atoms with Crippen molar-refractivity contribution in [2.24, 2.45) is 0 Å². The molecular formula is C17H23FN2O2S. The van der Waals surface area contributed by atoms with E-state index in [2.05, 4.69) is 4.90 Å². The summed E-state index contributed by atoms with van der Waals surface area (Å²) in [6.07, 6.45) is 3.03. The Bertz CT molecular complexity index is 568. The van der Waals surface area contributed by atoms with Crippen LogP contribution in [0.5, 0.6) is 0 Å². The largest absolute Gasteiger partial charge is 0.339 e. The van der Waals surface area contributed by atoms with Crippen LogP contribution in [-0.4, -0.2) is 57.1 Å². The van der Waals surface area contributed by atoms with Crippen LogP contribution >= 0.6 is 0 Å². The Morgan fingerprint density at radius 2 is 1.83 bits per heavy atom. The van der Waals surface area contributed by atoms with E-state index in [4.69, 9.17) is 0 Å². The number of halogens is 1. The molecule has 2 saturated heterocycles. The van der Waals surface area contributed by atoms with E-state index in [-0.39, 0.29) is 17.8 Å². The fourth-order valence-electron chi connectivity index (χ4n) is 3.35. The van der Waals surface area contributed by atoms with Gasteiger partial charge in [-0.1, -0.05) is 18.6 Å². The Hall–Kier alpha value is -1.27. The normalized spacial score (nSPS) is 23.9. The van der Waals surface area contributed by atoms with Gasteiger partial charge in [-0.25, -0.2) is 4.39 Å². The van der Waals surface area contributed by atoms with Crippen LogP contribution in [0.4, 0.5) is 4.39 Å². The maximum atomic E-state index is 13.0. The molecule has 1 atom stereocenters. The van der Waals surface area contributed by atoms with E-state index in [0.29, 0.717) is 31.1 Å². The maximum absolute atomic E-state index is 13.0. The average Bonchev–Trinajstić information content (AvgIpc) is 2.57. The van der Waals surface area contributed by atoms with Gasteiger partial charge in [0.1, 0.15) is 5.82 Å². The summed E-state index contributed by atoms with van der Waals surface area (Å²) >= 11 is 0. The summed E-state index contributed by atoms with van der Waals surface area (Å²) in [6, 6.07) is 6.41. The van der Waals surface area contributed by atoms with Crippen molar-refractivity contribution >= 4 is 16.7 Å². The molecule has 3 rings (SSSR count). The summed E-state index contributed by atoms with van der Waals surface area (Å²) in [6.45, 7) is 2.78. The highest BCUT2D eigenvalue weighted by atomic mass is 32.2. The molecule has 0 saturated carbocycles. The van der Waals surface area contributed by atoms with Crippen molar-refractivity contribution in [1.82, 2.24) is 9.80 Å². The number of carbonyl (C=O) groups excluding carboxylic acids is 1. The number of likely N-dealkylation sites (tertiary alicyclic amines) is 1. The van der Waals surface area contributed by atoms with Gasteiger partial charge in [0.05, 0.1) is 6.04 Å². The number of hydrogen-bond acceptors (Lipinski definition) is 3. The van der Waals surface area contributed by atoms with E-state index < -0.39 is 10.8 Å². The molecule has 23 heavy (non-hydrogen) atoms. The molecular weight excluding hydrogens is 315 g/mol. The monoisotopic (exact) mass is 338 g/mol. The van der Waals surface area contributed by atoms with Gasteiger partial charge in [0.2, 0.25) is 5.91 Å². The van der Waals surface area contributed by atoms with Crippen LogP contribution in [0.2, 0.25) is 0 Å². The predicted octanol–water partition coefficient (Wildman–Crippen LogP) is 1.77. The lowest BCUT2D eigenvalue weighted by Gasteiger charge is -2.38. The number of benzene rings is 1. The van der Waals surface area contributed by atoms with Gasteiger partial charge in [-0.2, -0.15) is 0 Å². The summed E-state index contributed by atoms with van der Waals surface area (Å²) in [7, 11) is -0.768. The molecule has 0 N–H and O–H groups in total. The topological polar surface area (TPSA) is 40.6 Å². The molecule has 2 aliphatic rings. The van der Waals surface area contributed by atoms with Gasteiger partial charge in [0.15, 0.2) is 0 Å². The van der Waals surface area contributed by atoms with Gasteiger partial charge in [0, 0.05) is 41.9 Å². The Balaban J connectivity index is 1.67. The van der Waals surface area contributed by atoms with Crippen LogP contribution in [-0.2, 0) is 22.1 Å². The number of carbonyl (C=O) groups is 1. The molecule has 1 aromatic carbocycles. The summed E-state index contributed by atoms with van der Waals surface area (Å²) in [5.41, 5.74) is 1.03. The number of amides is 1. The molecule has 2 fully saturated rings. The Labute approximate surface area is 139 Å². The smallest absolute Gasteiger partial charge is 0.239 e. The molecule has 0 bridgehead atoms. The highest BCUT2D eigenvalue weighted by Crippen LogP contribution is 2.22. The highest BCUT2D eigenvalue weighted by Gasteiger charge is 2.33. The zero-order chi connectivity index (χ0) is 16.2. The summed E-state index contributed by atoms with van der Waals surface area (Å²) < 4.78 is 24.5. The third kappa shape index (κ3) is 4.18. The van der Waals surface area contributed by atoms with Crippen molar-refractivity contribution in [3.63, 3.8) is 0 Å². The molecule has 2 heterocycles. The van der Waals surface area contributed by atoms with Crippen molar-refractivity contribution in [3.8, 4) is 0 Å². The van der Waals surface area contributed by atoms with Crippen LogP contribution < -0.4 is 0 Å². The van der Waals surface area contributed by atoms with Gasteiger partial charge in [-0.15, -0.1) is 0 Å². The molecule has 0 spiro atoms. The van der Waals surface area contributed by atoms with Crippen molar-refractivity contribution in [1.29, 1.82) is 0 Å². The van der Waals surface area contributed by atoms with Crippen LogP contribution in [0.15, 0.2) is 24.3 Å². The fourth-order valence-corrected chi connectivity index (χ4v) is 4.41. The molecule has 1 unspecified atom stereocenters. The first kappa shape index (κ1) is 16.6. The summed E-state index contributed by atoms with van der Waals surface area (Å²) in [4.78, 5) is 16.9. The molecule has 6 heteroatoms. The molecule has 1 amide bonds. The second-order valence-corrected chi connectivity index (χ2v) is 7.98. The number of hydrogen-bond donors (Lipinski definition) is 0. The molecule has 4 nitrogen and oxygen atoms in total. The predicted molar refractivity (Wildman–Crippen MR) is 88.9 cm³/mol. The first-order valence-electron chi connectivity index (χ1n) is 8.26. The number of piperidine rings is 1. The lowest BCUT2D eigenvalue weighted by Crippen LogP contribution is -2.53. The third-order valence-corrected chi connectivity index (χ3v) is 5.96. The van der Waals surface area contributed by atoms with Crippen molar-refractivity contribution in [2.75, 3.05) is 31.1 Å². The van der Waals surface area contributed by atoms with Crippen LogP contribution in [0.25, 0.3) is 0 Å². The lowest BCUT2D eigenvalue weighted by molar-refractivity contribution is -0.138. The zero-order valence-corrected chi connectivity index (χ0v) is 14.1. The molecule has 0 aliphatic carbocycles. The first-order valence-corrected chi connectivity index (χ1v) is 9.74. The van der Waals surface area contributed by atoms with Crippen LogP contribution in [0.1, 0.15) is 24.8 Å². The minimum atomic E-state index is -0.768. The minimum Gasteiger partial charge on any atom is -0.339 e. The van der Waals surface area contributed by atoms with Gasteiger partial charge in [-0.3, -0.25) is 13.9 Å². The minimum absolute atomic E-state index is 0.0969. The van der Waals surface area contributed by atoms with E-state index in [9.17, 15) is 13.4 Å². The van der Waals surface area contributed by atoms with Gasteiger partial charge < -0.3 is 4.90 Å². The van der Waals surface area contributed by atoms with Crippen LogP contribution in [0.3, 0.4) is 0 Å². The second kappa shape index (κ2) is 7.53. The highest BCUT2D eigenvalue weighted by molar-refractivity contribution is 7.85. The summed E-state index contributed by atoms with van der Waals surface area (Å²) in [5, 5.41) is 0. The van der Waals surface area contributed by atoms with E-state index in [1.54, 1.807) is 12.1 Å². The Morgan fingerprint density at radius 3 is 2.52 bits per heavy atom. The number of nitrogens with zero attached hydrogens (tertiary/aromatic N) is 2.